The number of amides is 1. The van der Waals surface area contributed by atoms with Gasteiger partial charge in [0.25, 0.3) is 10.0 Å². The van der Waals surface area contributed by atoms with Crippen molar-refractivity contribution in [2.75, 3.05) is 49.0 Å². The molecule has 6 rings (SSSR count). The third-order valence-corrected chi connectivity index (χ3v) is 11.9. The third kappa shape index (κ3) is 5.02. The molecule has 0 aliphatic carbocycles. The molecule has 1 spiro atoms. The Kier molecular flexibility index (Phi) is 7.64. The molecule has 0 bridgehead atoms. The van der Waals surface area contributed by atoms with Crippen LogP contribution in [-0.4, -0.2) is 64.5 Å². The Hall–Kier alpha value is -3.59. The number of benzene rings is 2. The van der Waals surface area contributed by atoms with E-state index < -0.39 is 10.0 Å². The number of hydrogen-bond acceptors (Lipinski definition) is 6. The molecule has 3 aliphatic heterocycles. The first-order valence-corrected chi connectivity index (χ1v) is 16.3. The average molecular weight is 589 g/mol. The summed E-state index contributed by atoms with van der Waals surface area (Å²) in [5.74, 6) is 0.792. The van der Waals surface area contributed by atoms with Crippen LogP contribution >= 0.6 is 0 Å². The minimum Gasteiger partial charge on any atom is -0.497 e. The van der Waals surface area contributed by atoms with Crippen molar-refractivity contribution in [3.05, 3.63) is 77.1 Å². The summed E-state index contributed by atoms with van der Waals surface area (Å²) in [6, 6.07) is 14.1. The summed E-state index contributed by atoms with van der Waals surface area (Å²) in [6.07, 6.45) is 9.27. The van der Waals surface area contributed by atoms with Gasteiger partial charge in [0.2, 0.25) is 6.41 Å². The van der Waals surface area contributed by atoms with Crippen LogP contribution in [0.15, 0.2) is 59.8 Å². The number of carbonyl (C=O) groups is 1. The second kappa shape index (κ2) is 11.2. The summed E-state index contributed by atoms with van der Waals surface area (Å²) >= 11 is 0. The van der Waals surface area contributed by atoms with Crippen LogP contribution in [0.1, 0.15) is 53.9 Å². The average Bonchev–Trinajstić information content (AvgIpc) is 3.01. The van der Waals surface area contributed by atoms with Crippen molar-refractivity contribution in [2.45, 2.75) is 56.8 Å². The summed E-state index contributed by atoms with van der Waals surface area (Å²) in [5.41, 5.74) is 5.58. The Morgan fingerprint density at radius 3 is 2.31 bits per heavy atom. The number of likely N-dealkylation sites (tertiary alicyclic amines) is 1. The van der Waals surface area contributed by atoms with Gasteiger partial charge in [0.05, 0.1) is 17.7 Å². The highest BCUT2D eigenvalue weighted by atomic mass is 32.2. The number of ether oxygens (including phenoxy) is 1. The standard InChI is InChI=1S/C33H40N4O4S/c1-24-19-29(41-3)20-25(2)32(24)42(39,40)37-15-4-5-26-6-7-27(21-31(26)37)30-22-35(23-38)16-10-33(30)11-17-36(18-12-33)28-8-13-34-14-9-28/h6-9,13-14,19-21,23,30H,4-5,10-12,15-18,22H2,1-3H3. The molecular formula is C33H40N4O4S. The van der Waals surface area contributed by atoms with E-state index >= 15 is 0 Å². The number of fused-ring (bicyclic) bond motifs is 1. The normalized spacial score (nSPS) is 20.4. The lowest BCUT2D eigenvalue weighted by Gasteiger charge is -2.52. The van der Waals surface area contributed by atoms with Crippen LogP contribution in [0.25, 0.3) is 0 Å². The number of carbonyl (C=O) groups excluding carboxylic acids is 1. The number of methoxy groups -OCH3 is 1. The molecule has 0 N–H and O–H groups in total. The molecule has 1 atom stereocenters. The van der Waals surface area contributed by atoms with E-state index in [1.165, 1.54) is 5.69 Å². The maximum absolute atomic E-state index is 14.3. The number of aryl methyl sites for hydroxylation is 3. The van der Waals surface area contributed by atoms with Crippen molar-refractivity contribution in [3.8, 4) is 5.75 Å². The van der Waals surface area contributed by atoms with Crippen LogP contribution in [0.4, 0.5) is 11.4 Å². The maximum Gasteiger partial charge on any atom is 0.264 e. The molecule has 3 aliphatic rings. The van der Waals surface area contributed by atoms with Crippen LogP contribution in [0, 0.1) is 19.3 Å². The van der Waals surface area contributed by atoms with Gasteiger partial charge in [0.1, 0.15) is 5.75 Å². The topological polar surface area (TPSA) is 83.1 Å². The van der Waals surface area contributed by atoms with Crippen LogP contribution in [0.2, 0.25) is 0 Å². The van der Waals surface area contributed by atoms with E-state index in [0.29, 0.717) is 34.9 Å². The van der Waals surface area contributed by atoms with Gasteiger partial charge in [-0.2, -0.15) is 0 Å². The van der Waals surface area contributed by atoms with Gasteiger partial charge in [-0.1, -0.05) is 12.1 Å². The summed E-state index contributed by atoms with van der Waals surface area (Å²) in [5, 5.41) is 0. The molecular weight excluding hydrogens is 548 g/mol. The molecule has 1 unspecified atom stereocenters. The number of hydrogen-bond donors (Lipinski definition) is 0. The number of nitrogens with zero attached hydrogens (tertiary/aromatic N) is 4. The van der Waals surface area contributed by atoms with Crippen molar-refractivity contribution < 1.29 is 17.9 Å². The fourth-order valence-corrected chi connectivity index (χ4v) is 9.50. The molecule has 2 fully saturated rings. The van der Waals surface area contributed by atoms with Gasteiger partial charge in [-0.3, -0.25) is 14.1 Å². The van der Waals surface area contributed by atoms with Gasteiger partial charge in [-0.25, -0.2) is 8.42 Å². The van der Waals surface area contributed by atoms with Crippen LogP contribution in [0.5, 0.6) is 5.75 Å². The number of anilines is 2. The van der Waals surface area contributed by atoms with Gasteiger partial charge < -0.3 is 14.5 Å². The zero-order chi connectivity index (χ0) is 29.5. The molecule has 9 heteroatoms. The van der Waals surface area contributed by atoms with E-state index in [1.54, 1.807) is 23.5 Å². The molecule has 2 aromatic carbocycles. The molecule has 8 nitrogen and oxygen atoms in total. The minimum atomic E-state index is -3.80. The number of pyridine rings is 1. The lowest BCUT2D eigenvalue weighted by Crippen LogP contribution is -2.51. The second-order valence-corrected chi connectivity index (χ2v) is 13.9. The molecule has 0 saturated carbocycles. The van der Waals surface area contributed by atoms with Crippen molar-refractivity contribution >= 4 is 27.8 Å². The third-order valence-electron chi connectivity index (χ3n) is 9.79. The van der Waals surface area contributed by atoms with Crippen LogP contribution < -0.4 is 13.9 Å². The molecule has 42 heavy (non-hydrogen) atoms. The molecule has 1 amide bonds. The summed E-state index contributed by atoms with van der Waals surface area (Å²) in [6.45, 7) is 7.42. The molecule has 4 heterocycles. The van der Waals surface area contributed by atoms with E-state index in [4.69, 9.17) is 4.74 Å². The Labute approximate surface area is 249 Å². The monoisotopic (exact) mass is 588 g/mol. The molecule has 3 aromatic rings. The van der Waals surface area contributed by atoms with E-state index in [0.717, 1.165) is 75.0 Å². The van der Waals surface area contributed by atoms with Gasteiger partial charge >= 0.3 is 0 Å². The first-order valence-electron chi connectivity index (χ1n) is 14.9. The number of sulfonamides is 1. The fourth-order valence-electron chi connectivity index (χ4n) is 7.55. The highest BCUT2D eigenvalue weighted by molar-refractivity contribution is 7.93. The Balaban J connectivity index is 1.36. The van der Waals surface area contributed by atoms with Gasteiger partial charge in [0.15, 0.2) is 0 Å². The second-order valence-electron chi connectivity index (χ2n) is 12.1. The number of rotatable bonds is 6. The first-order chi connectivity index (χ1) is 20.3. The highest BCUT2D eigenvalue weighted by Crippen LogP contribution is 2.51. The van der Waals surface area contributed by atoms with Crippen molar-refractivity contribution in [1.82, 2.24) is 9.88 Å². The number of aromatic nitrogens is 1. The highest BCUT2D eigenvalue weighted by Gasteiger charge is 2.46. The van der Waals surface area contributed by atoms with Crippen LogP contribution in [-0.2, 0) is 21.2 Å². The minimum absolute atomic E-state index is 0.0544. The SMILES string of the molecule is COc1cc(C)c(S(=O)(=O)N2CCCc3ccc(C4CN(C=O)CCC45CCN(c4ccncc4)CC5)cc32)c(C)c1. The van der Waals surface area contributed by atoms with E-state index in [2.05, 4.69) is 40.2 Å². The maximum atomic E-state index is 14.3. The Bertz CT molecular complexity index is 1550. The molecule has 222 valence electrons. The predicted octanol–water partition coefficient (Wildman–Crippen LogP) is 5.08. The first kappa shape index (κ1) is 28.5. The fraction of sp³-hybridized carbons (Fsp3) is 0.455. The zero-order valence-electron chi connectivity index (χ0n) is 24.8. The van der Waals surface area contributed by atoms with Gasteiger partial charge in [-0.15, -0.1) is 0 Å². The van der Waals surface area contributed by atoms with Gasteiger partial charge in [-0.05, 0) is 104 Å². The smallest absolute Gasteiger partial charge is 0.264 e. The molecule has 0 radical (unpaired) electrons. The summed E-state index contributed by atoms with van der Waals surface area (Å²) in [7, 11) is -2.20. The summed E-state index contributed by atoms with van der Waals surface area (Å²) < 4.78 is 35.5. The van der Waals surface area contributed by atoms with Gasteiger partial charge in [0, 0.05) is 56.7 Å². The lowest BCUT2D eigenvalue weighted by molar-refractivity contribution is -0.121. The van der Waals surface area contributed by atoms with Crippen molar-refractivity contribution in [3.63, 3.8) is 0 Å². The van der Waals surface area contributed by atoms with E-state index in [1.807, 2.05) is 31.1 Å². The Morgan fingerprint density at radius 1 is 0.952 bits per heavy atom. The molecule has 1 aromatic heterocycles. The molecule has 2 saturated heterocycles. The number of piperidine rings is 2. The largest absolute Gasteiger partial charge is 0.497 e. The summed E-state index contributed by atoms with van der Waals surface area (Å²) in [4.78, 5) is 20.8. The Morgan fingerprint density at radius 2 is 1.64 bits per heavy atom. The van der Waals surface area contributed by atoms with E-state index in [9.17, 15) is 13.2 Å². The van der Waals surface area contributed by atoms with Crippen LogP contribution in [0.3, 0.4) is 0 Å². The quantitative estimate of drug-likeness (QED) is 0.374. The zero-order valence-corrected chi connectivity index (χ0v) is 25.6. The van der Waals surface area contributed by atoms with E-state index in [-0.39, 0.29) is 11.3 Å². The predicted molar refractivity (Wildman–Crippen MR) is 165 cm³/mol. The lowest BCUT2D eigenvalue weighted by atomic mass is 9.62. The van der Waals surface area contributed by atoms with Crippen molar-refractivity contribution in [1.29, 1.82) is 0 Å². The van der Waals surface area contributed by atoms with Crippen molar-refractivity contribution in [2.24, 2.45) is 5.41 Å².